The third-order valence-corrected chi connectivity index (χ3v) is 2.58. The van der Waals surface area contributed by atoms with Crippen LogP contribution in [0.15, 0.2) is 0 Å². The second kappa shape index (κ2) is 3.57. The van der Waals surface area contributed by atoms with Gasteiger partial charge in [0, 0.05) is 0 Å². The molecule has 0 aliphatic carbocycles. The van der Waals surface area contributed by atoms with Gasteiger partial charge in [-0.1, -0.05) is 34.1 Å². The van der Waals surface area contributed by atoms with Crippen LogP contribution < -0.4 is 0 Å². The summed E-state index contributed by atoms with van der Waals surface area (Å²) in [4.78, 5) is 0. The van der Waals surface area contributed by atoms with E-state index < -0.39 is 5.60 Å². The van der Waals surface area contributed by atoms with E-state index in [1.807, 2.05) is 13.8 Å². The molecule has 0 saturated carbocycles. The van der Waals surface area contributed by atoms with Gasteiger partial charge in [0.2, 0.25) is 0 Å². The van der Waals surface area contributed by atoms with Crippen molar-refractivity contribution in [1.82, 2.24) is 0 Å². The van der Waals surface area contributed by atoms with Crippen molar-refractivity contribution in [3.05, 3.63) is 0 Å². The third kappa shape index (κ3) is 4.41. The molecule has 1 atom stereocenters. The number of hydrogen-bond acceptors (Lipinski definition) is 1. The van der Waals surface area contributed by atoms with Crippen LogP contribution in [-0.4, -0.2) is 10.7 Å². The molecule has 0 aromatic carbocycles. The standard InChI is InChI=1S/C10H22O/c1-6-9(3,4)8-10(5,11)7-2/h11H,6-8H2,1-5H3. The number of hydrogen-bond donors (Lipinski definition) is 1. The average Bonchev–Trinajstić information content (AvgIpc) is 1.86. The number of aliphatic hydroxyl groups is 1. The summed E-state index contributed by atoms with van der Waals surface area (Å²) in [6.45, 7) is 10.5. The van der Waals surface area contributed by atoms with Crippen LogP contribution in [0.4, 0.5) is 0 Å². The van der Waals surface area contributed by atoms with Gasteiger partial charge in [0.1, 0.15) is 0 Å². The Balaban J connectivity index is 4.02. The van der Waals surface area contributed by atoms with Crippen molar-refractivity contribution >= 4 is 0 Å². The lowest BCUT2D eigenvalue weighted by Crippen LogP contribution is -2.30. The largest absolute Gasteiger partial charge is 0.390 e. The van der Waals surface area contributed by atoms with E-state index >= 15 is 0 Å². The molecule has 68 valence electrons. The molecule has 0 aliphatic rings. The summed E-state index contributed by atoms with van der Waals surface area (Å²) in [5.74, 6) is 0. The average molecular weight is 158 g/mol. The molecule has 0 spiro atoms. The first-order valence-corrected chi connectivity index (χ1v) is 4.55. The maximum atomic E-state index is 9.79. The minimum Gasteiger partial charge on any atom is -0.390 e. The Hall–Kier alpha value is -0.0400. The topological polar surface area (TPSA) is 20.2 Å². The summed E-state index contributed by atoms with van der Waals surface area (Å²) in [6, 6.07) is 0. The molecule has 0 heterocycles. The van der Waals surface area contributed by atoms with Crippen molar-refractivity contribution in [2.45, 2.75) is 59.5 Å². The predicted molar refractivity (Wildman–Crippen MR) is 49.6 cm³/mol. The Labute approximate surface area is 70.8 Å². The molecule has 1 unspecified atom stereocenters. The molecule has 11 heavy (non-hydrogen) atoms. The van der Waals surface area contributed by atoms with Gasteiger partial charge in [-0.2, -0.15) is 0 Å². The third-order valence-electron chi connectivity index (χ3n) is 2.58. The quantitative estimate of drug-likeness (QED) is 0.667. The monoisotopic (exact) mass is 158 g/mol. The van der Waals surface area contributed by atoms with Crippen LogP contribution in [0.3, 0.4) is 0 Å². The van der Waals surface area contributed by atoms with E-state index in [1.165, 1.54) is 0 Å². The first-order chi connectivity index (χ1) is 4.83. The van der Waals surface area contributed by atoms with Crippen LogP contribution in [-0.2, 0) is 0 Å². The Morgan fingerprint density at radius 1 is 1.00 bits per heavy atom. The lowest BCUT2D eigenvalue weighted by Gasteiger charge is -2.32. The minimum atomic E-state index is -0.473. The SMILES string of the molecule is CCC(C)(C)CC(C)(O)CC. The second-order valence-corrected chi connectivity index (χ2v) is 4.55. The Bertz CT molecular complexity index is 100. The van der Waals surface area contributed by atoms with Crippen LogP contribution in [0.5, 0.6) is 0 Å². The molecule has 1 nitrogen and oxygen atoms in total. The molecule has 0 fully saturated rings. The first-order valence-electron chi connectivity index (χ1n) is 4.55. The van der Waals surface area contributed by atoms with Crippen molar-refractivity contribution in [3.63, 3.8) is 0 Å². The van der Waals surface area contributed by atoms with Crippen LogP contribution in [0.1, 0.15) is 53.9 Å². The van der Waals surface area contributed by atoms with Crippen LogP contribution in [0, 0.1) is 5.41 Å². The van der Waals surface area contributed by atoms with Crippen LogP contribution >= 0.6 is 0 Å². The highest BCUT2D eigenvalue weighted by Gasteiger charge is 2.27. The highest BCUT2D eigenvalue weighted by molar-refractivity contribution is 4.79. The zero-order chi connectivity index (χ0) is 9.12. The molecular weight excluding hydrogens is 136 g/mol. The van der Waals surface area contributed by atoms with Gasteiger partial charge in [-0.05, 0) is 25.2 Å². The van der Waals surface area contributed by atoms with Gasteiger partial charge in [-0.25, -0.2) is 0 Å². The van der Waals surface area contributed by atoms with Gasteiger partial charge >= 0.3 is 0 Å². The second-order valence-electron chi connectivity index (χ2n) is 4.55. The molecule has 0 aromatic rings. The van der Waals surface area contributed by atoms with E-state index in [0.29, 0.717) is 0 Å². The van der Waals surface area contributed by atoms with Gasteiger partial charge in [-0.15, -0.1) is 0 Å². The molecular formula is C10H22O. The zero-order valence-corrected chi connectivity index (χ0v) is 8.57. The summed E-state index contributed by atoms with van der Waals surface area (Å²) in [5, 5.41) is 9.79. The van der Waals surface area contributed by atoms with Crippen LogP contribution in [0.2, 0.25) is 0 Å². The van der Waals surface area contributed by atoms with E-state index in [0.717, 1.165) is 19.3 Å². The maximum Gasteiger partial charge on any atom is 0.0622 e. The lowest BCUT2D eigenvalue weighted by atomic mass is 9.78. The maximum absolute atomic E-state index is 9.79. The van der Waals surface area contributed by atoms with Gasteiger partial charge < -0.3 is 5.11 Å². The summed E-state index contributed by atoms with van der Waals surface area (Å²) in [5.41, 5.74) is -0.195. The fourth-order valence-corrected chi connectivity index (χ4v) is 1.28. The van der Waals surface area contributed by atoms with Gasteiger partial charge in [0.15, 0.2) is 0 Å². The minimum absolute atomic E-state index is 0.277. The summed E-state index contributed by atoms with van der Waals surface area (Å²) >= 11 is 0. The lowest BCUT2D eigenvalue weighted by molar-refractivity contribution is 0.0102. The highest BCUT2D eigenvalue weighted by atomic mass is 16.3. The molecule has 0 amide bonds. The Morgan fingerprint density at radius 2 is 1.45 bits per heavy atom. The van der Waals surface area contributed by atoms with Crippen molar-refractivity contribution in [1.29, 1.82) is 0 Å². The van der Waals surface area contributed by atoms with Crippen molar-refractivity contribution in [2.75, 3.05) is 0 Å². The summed E-state index contributed by atoms with van der Waals surface area (Å²) in [7, 11) is 0. The summed E-state index contributed by atoms with van der Waals surface area (Å²) in [6.07, 6.45) is 2.87. The fourth-order valence-electron chi connectivity index (χ4n) is 1.28. The van der Waals surface area contributed by atoms with Crippen molar-refractivity contribution in [3.8, 4) is 0 Å². The molecule has 0 bridgehead atoms. The first kappa shape index (κ1) is 11.0. The molecule has 1 N–H and O–H groups in total. The van der Waals surface area contributed by atoms with Gasteiger partial charge in [0.25, 0.3) is 0 Å². The smallest absolute Gasteiger partial charge is 0.0622 e. The normalized spacial score (nSPS) is 18.0. The predicted octanol–water partition coefficient (Wildman–Crippen LogP) is 2.97. The van der Waals surface area contributed by atoms with E-state index in [2.05, 4.69) is 20.8 Å². The van der Waals surface area contributed by atoms with Crippen LogP contribution in [0.25, 0.3) is 0 Å². The molecule has 1 heteroatoms. The molecule has 0 aliphatic heterocycles. The van der Waals surface area contributed by atoms with E-state index in [4.69, 9.17) is 0 Å². The highest BCUT2D eigenvalue weighted by Crippen LogP contribution is 2.32. The molecule has 0 aromatic heterocycles. The molecule has 0 rings (SSSR count). The number of rotatable bonds is 4. The van der Waals surface area contributed by atoms with Gasteiger partial charge in [0.05, 0.1) is 5.60 Å². The fraction of sp³-hybridized carbons (Fsp3) is 1.00. The van der Waals surface area contributed by atoms with E-state index in [1.54, 1.807) is 0 Å². The summed E-state index contributed by atoms with van der Waals surface area (Å²) < 4.78 is 0. The van der Waals surface area contributed by atoms with E-state index in [9.17, 15) is 5.11 Å². The Morgan fingerprint density at radius 3 is 1.73 bits per heavy atom. The molecule has 0 radical (unpaired) electrons. The van der Waals surface area contributed by atoms with Crippen molar-refractivity contribution in [2.24, 2.45) is 5.41 Å². The zero-order valence-electron chi connectivity index (χ0n) is 8.57. The van der Waals surface area contributed by atoms with E-state index in [-0.39, 0.29) is 5.41 Å². The Kier molecular flexibility index (Phi) is 3.56. The molecule has 0 saturated heterocycles. The van der Waals surface area contributed by atoms with Gasteiger partial charge in [-0.3, -0.25) is 0 Å². The van der Waals surface area contributed by atoms with Crippen molar-refractivity contribution < 1.29 is 5.11 Å².